The van der Waals surface area contributed by atoms with E-state index in [9.17, 15) is 5.11 Å². The van der Waals surface area contributed by atoms with Crippen LogP contribution < -0.4 is 11.1 Å². The van der Waals surface area contributed by atoms with E-state index < -0.39 is 0 Å². The number of aliphatic hydroxyl groups excluding tert-OH is 1. The smallest absolute Gasteiger partial charge is 0.128 e. The molecule has 2 fully saturated rings. The summed E-state index contributed by atoms with van der Waals surface area (Å²) in [7, 11) is 0. The van der Waals surface area contributed by atoms with Crippen molar-refractivity contribution in [2.75, 3.05) is 30.7 Å². The summed E-state index contributed by atoms with van der Waals surface area (Å²) >= 11 is 0. The lowest BCUT2D eigenvalue weighted by atomic mass is 9.87. The number of rotatable bonds is 5. The van der Waals surface area contributed by atoms with Crippen LogP contribution in [0, 0.1) is 5.92 Å². The van der Waals surface area contributed by atoms with Crippen molar-refractivity contribution in [3.05, 3.63) is 17.7 Å². The van der Waals surface area contributed by atoms with E-state index in [4.69, 9.17) is 10.5 Å². The highest BCUT2D eigenvalue weighted by Crippen LogP contribution is 2.25. The summed E-state index contributed by atoms with van der Waals surface area (Å²) in [4.78, 5) is 6.85. The van der Waals surface area contributed by atoms with Gasteiger partial charge in [0.1, 0.15) is 11.6 Å². The highest BCUT2D eigenvalue weighted by atomic mass is 16.5. The van der Waals surface area contributed by atoms with Gasteiger partial charge in [0.05, 0.1) is 18.3 Å². The molecule has 140 valence electrons. The van der Waals surface area contributed by atoms with Gasteiger partial charge in [-0.05, 0) is 63.1 Å². The van der Waals surface area contributed by atoms with E-state index in [0.29, 0.717) is 11.7 Å². The molecule has 0 amide bonds. The van der Waals surface area contributed by atoms with Crippen LogP contribution in [0.1, 0.15) is 45.1 Å². The Morgan fingerprint density at radius 2 is 1.88 bits per heavy atom. The number of nitrogens with two attached hydrogens (primary N) is 1. The van der Waals surface area contributed by atoms with Crippen LogP contribution in [-0.2, 0) is 11.3 Å². The van der Waals surface area contributed by atoms with Gasteiger partial charge in [-0.25, -0.2) is 4.98 Å². The Kier molecular flexibility index (Phi) is 6.15. The van der Waals surface area contributed by atoms with Gasteiger partial charge < -0.3 is 20.9 Å². The molecule has 1 saturated carbocycles. The van der Waals surface area contributed by atoms with Gasteiger partial charge in [-0.15, -0.1) is 0 Å². The molecule has 25 heavy (non-hydrogen) atoms. The molecule has 0 bridgehead atoms. The average molecular weight is 348 g/mol. The second-order valence-electron chi connectivity index (χ2n) is 7.79. The topological polar surface area (TPSA) is 83.6 Å². The van der Waals surface area contributed by atoms with Gasteiger partial charge in [-0.3, -0.25) is 4.90 Å². The predicted octanol–water partition coefficient (Wildman–Crippen LogP) is 2.24. The number of nitrogens with one attached hydrogen (secondary N) is 1. The van der Waals surface area contributed by atoms with Crippen molar-refractivity contribution >= 4 is 11.6 Å². The molecule has 1 aromatic rings. The minimum atomic E-state index is -0.105. The van der Waals surface area contributed by atoms with Crippen molar-refractivity contribution in [2.24, 2.45) is 5.92 Å². The average Bonchev–Trinajstić information content (AvgIpc) is 2.53. The van der Waals surface area contributed by atoms with Crippen LogP contribution in [-0.4, -0.2) is 52.9 Å². The number of anilines is 2. The molecule has 4 N–H and O–H groups in total. The second kappa shape index (κ2) is 8.34. The lowest BCUT2D eigenvalue weighted by molar-refractivity contribution is -0.0704. The number of pyridine rings is 1. The van der Waals surface area contributed by atoms with Gasteiger partial charge in [0.2, 0.25) is 0 Å². The maximum atomic E-state index is 9.62. The Bertz CT molecular complexity index is 550. The number of hydrogen-bond donors (Lipinski definition) is 3. The quantitative estimate of drug-likeness (QED) is 0.757. The molecule has 2 atom stereocenters. The summed E-state index contributed by atoms with van der Waals surface area (Å²) in [5, 5.41) is 13.1. The zero-order valence-electron chi connectivity index (χ0n) is 15.4. The van der Waals surface area contributed by atoms with Crippen LogP contribution in [0.2, 0.25) is 0 Å². The van der Waals surface area contributed by atoms with Gasteiger partial charge in [0.25, 0.3) is 0 Å². The first-order valence-electron chi connectivity index (χ1n) is 9.54. The Balaban J connectivity index is 1.56. The zero-order valence-corrected chi connectivity index (χ0v) is 15.4. The molecule has 6 nitrogen and oxygen atoms in total. The summed E-state index contributed by atoms with van der Waals surface area (Å²) in [5.74, 6) is 2.03. The lowest BCUT2D eigenvalue weighted by Gasteiger charge is -2.35. The summed E-state index contributed by atoms with van der Waals surface area (Å²) in [6.45, 7) is 7.90. The Labute approximate surface area is 150 Å². The highest BCUT2D eigenvalue weighted by molar-refractivity contribution is 5.46. The molecule has 3 rings (SSSR count). The normalized spacial score (nSPS) is 31.0. The zero-order chi connectivity index (χ0) is 17.8. The lowest BCUT2D eigenvalue weighted by Crippen LogP contribution is -2.44. The van der Waals surface area contributed by atoms with Crippen molar-refractivity contribution in [2.45, 2.75) is 64.4 Å². The predicted molar refractivity (Wildman–Crippen MR) is 100 cm³/mol. The molecular weight excluding hydrogens is 316 g/mol. The van der Waals surface area contributed by atoms with Crippen LogP contribution in [0.5, 0.6) is 0 Å². The monoisotopic (exact) mass is 348 g/mol. The number of aliphatic hydroxyl groups is 1. The van der Waals surface area contributed by atoms with E-state index in [0.717, 1.165) is 57.7 Å². The maximum absolute atomic E-state index is 9.62. The number of aromatic nitrogens is 1. The molecule has 0 radical (unpaired) electrons. The Morgan fingerprint density at radius 3 is 2.56 bits per heavy atom. The van der Waals surface area contributed by atoms with Gasteiger partial charge in [-0.2, -0.15) is 0 Å². The molecule has 0 aromatic carbocycles. The van der Waals surface area contributed by atoms with E-state index in [-0.39, 0.29) is 18.3 Å². The third kappa shape index (κ3) is 5.56. The number of nitrogen functional groups attached to an aromatic ring is 1. The van der Waals surface area contributed by atoms with Crippen molar-refractivity contribution in [1.29, 1.82) is 0 Å². The van der Waals surface area contributed by atoms with E-state index in [1.54, 1.807) is 0 Å². The van der Waals surface area contributed by atoms with Gasteiger partial charge in [-0.1, -0.05) is 0 Å². The highest BCUT2D eigenvalue weighted by Gasteiger charge is 2.22. The molecule has 1 saturated heterocycles. The van der Waals surface area contributed by atoms with Crippen molar-refractivity contribution in [3.8, 4) is 0 Å². The fourth-order valence-corrected chi connectivity index (χ4v) is 4.06. The second-order valence-corrected chi connectivity index (χ2v) is 7.79. The Hall–Kier alpha value is -1.37. The first-order chi connectivity index (χ1) is 12.0. The Morgan fingerprint density at radius 1 is 1.20 bits per heavy atom. The minimum Gasteiger partial charge on any atom is -0.393 e. The standard InChI is InChI=1S/C19H32N4O2/c1-13-10-23(11-14(2)25-13)12-16-7-18(20)22-19(8-16)21-9-15-3-5-17(24)6-4-15/h7-8,13-15,17,24H,3-6,9-12H2,1-2H3,(H3,20,21,22)/t13-,14+,15?,17?. The molecule has 0 unspecified atom stereocenters. The largest absolute Gasteiger partial charge is 0.393 e. The van der Waals surface area contributed by atoms with Crippen LogP contribution in [0.3, 0.4) is 0 Å². The van der Waals surface area contributed by atoms with Crippen molar-refractivity contribution < 1.29 is 9.84 Å². The minimum absolute atomic E-state index is 0.105. The number of ether oxygens (including phenoxy) is 1. The fraction of sp³-hybridized carbons (Fsp3) is 0.737. The SMILES string of the molecule is C[C@@H]1CN(Cc2cc(N)nc(NCC3CCC(O)CC3)c2)C[C@H](C)O1. The van der Waals surface area contributed by atoms with Crippen LogP contribution >= 0.6 is 0 Å². The summed E-state index contributed by atoms with van der Waals surface area (Å²) in [5.41, 5.74) is 7.21. The molecule has 2 aliphatic rings. The van der Waals surface area contributed by atoms with Crippen LogP contribution in [0.25, 0.3) is 0 Å². The molecule has 1 aromatic heterocycles. The molecule has 1 aliphatic carbocycles. The maximum Gasteiger partial charge on any atom is 0.128 e. The van der Waals surface area contributed by atoms with Gasteiger partial charge in [0.15, 0.2) is 0 Å². The summed E-state index contributed by atoms with van der Waals surface area (Å²) < 4.78 is 5.81. The first kappa shape index (κ1) is 18.4. The number of morpholine rings is 1. The molecule has 6 heteroatoms. The number of hydrogen-bond acceptors (Lipinski definition) is 6. The molecule has 1 aliphatic heterocycles. The van der Waals surface area contributed by atoms with Gasteiger partial charge in [0, 0.05) is 26.2 Å². The van der Waals surface area contributed by atoms with Crippen molar-refractivity contribution in [3.63, 3.8) is 0 Å². The fourth-order valence-electron chi connectivity index (χ4n) is 4.06. The molecular formula is C19H32N4O2. The third-order valence-electron chi connectivity index (χ3n) is 5.19. The van der Waals surface area contributed by atoms with E-state index in [1.165, 1.54) is 5.56 Å². The first-order valence-corrected chi connectivity index (χ1v) is 9.54. The van der Waals surface area contributed by atoms with Crippen LogP contribution in [0.15, 0.2) is 12.1 Å². The van der Waals surface area contributed by atoms with E-state index in [1.807, 2.05) is 6.07 Å². The summed E-state index contributed by atoms with van der Waals surface area (Å²) in [6, 6.07) is 4.08. The van der Waals surface area contributed by atoms with Gasteiger partial charge >= 0.3 is 0 Å². The third-order valence-corrected chi connectivity index (χ3v) is 5.19. The molecule has 0 spiro atoms. The summed E-state index contributed by atoms with van der Waals surface area (Å²) in [6.07, 6.45) is 4.40. The molecule has 2 heterocycles. The van der Waals surface area contributed by atoms with E-state index in [2.05, 4.69) is 35.1 Å². The van der Waals surface area contributed by atoms with Crippen LogP contribution in [0.4, 0.5) is 11.6 Å². The van der Waals surface area contributed by atoms with E-state index >= 15 is 0 Å². The number of nitrogens with zero attached hydrogens (tertiary/aromatic N) is 2. The van der Waals surface area contributed by atoms with Crippen molar-refractivity contribution in [1.82, 2.24) is 9.88 Å².